The van der Waals surface area contributed by atoms with Gasteiger partial charge in [-0.1, -0.05) is 69.9 Å². The van der Waals surface area contributed by atoms with Crippen LogP contribution in [0.4, 0.5) is 0 Å². The highest BCUT2D eigenvalue weighted by Gasteiger charge is 2.20. The van der Waals surface area contributed by atoms with Crippen LogP contribution >= 0.6 is 0 Å². The number of aliphatic hydroxyl groups is 1. The van der Waals surface area contributed by atoms with Crippen molar-refractivity contribution in [3.05, 3.63) is 47.0 Å². The first-order valence-electron chi connectivity index (χ1n) is 11.7. The molecule has 1 aliphatic carbocycles. The summed E-state index contributed by atoms with van der Waals surface area (Å²) in [6.07, 6.45) is 12.1. The number of rotatable bonds is 11. The van der Waals surface area contributed by atoms with E-state index in [4.69, 9.17) is 0 Å². The molecule has 0 aliphatic heterocycles. The Kier molecular flexibility index (Phi) is 8.36. The molecule has 1 aliphatic rings. The van der Waals surface area contributed by atoms with Gasteiger partial charge in [-0.15, -0.1) is 0 Å². The zero-order valence-electron chi connectivity index (χ0n) is 18.1. The first kappa shape index (κ1) is 21.3. The summed E-state index contributed by atoms with van der Waals surface area (Å²) in [6.45, 7) is 7.50. The van der Waals surface area contributed by atoms with E-state index in [9.17, 15) is 5.11 Å². The monoisotopic (exact) mass is 381 g/mol. The number of hydrogen-bond acceptors (Lipinski definition) is 2. The molecule has 1 atom stereocenters. The van der Waals surface area contributed by atoms with Crippen molar-refractivity contribution in [2.45, 2.75) is 84.2 Å². The number of unbranched alkanes of at least 4 members (excludes halogenated alkanes) is 4. The van der Waals surface area contributed by atoms with E-state index in [0.29, 0.717) is 0 Å². The average molecular weight is 382 g/mol. The van der Waals surface area contributed by atoms with Crippen molar-refractivity contribution in [2.24, 2.45) is 0 Å². The maximum absolute atomic E-state index is 11.3. The standard InChI is InChI=1S/C26H39NO/c1-3-5-11-17-27(18-12-6-4-2)20-26(28)25-19-21-13-7-8-14-22(21)23-15-9-10-16-24(23)25/h9-10,15-16,19,26,28H,3-8,11-14,17-18,20H2,1-2H3. The van der Waals surface area contributed by atoms with Gasteiger partial charge in [-0.2, -0.15) is 0 Å². The van der Waals surface area contributed by atoms with Crippen LogP contribution in [0.5, 0.6) is 0 Å². The van der Waals surface area contributed by atoms with Crippen LogP contribution in [0.25, 0.3) is 10.8 Å². The molecular formula is C26H39NO. The Morgan fingerprint density at radius 3 is 2.21 bits per heavy atom. The van der Waals surface area contributed by atoms with Gasteiger partial charge in [0.1, 0.15) is 0 Å². The van der Waals surface area contributed by atoms with Crippen molar-refractivity contribution in [1.29, 1.82) is 0 Å². The molecule has 0 saturated heterocycles. The predicted molar refractivity (Wildman–Crippen MR) is 121 cm³/mol. The number of fused-ring (bicyclic) bond motifs is 3. The summed E-state index contributed by atoms with van der Waals surface area (Å²) in [5, 5.41) is 13.9. The fourth-order valence-corrected chi connectivity index (χ4v) is 4.74. The molecule has 2 nitrogen and oxygen atoms in total. The van der Waals surface area contributed by atoms with Crippen LogP contribution < -0.4 is 0 Å². The van der Waals surface area contributed by atoms with Crippen LogP contribution in [-0.4, -0.2) is 29.6 Å². The summed E-state index contributed by atoms with van der Waals surface area (Å²) in [4.78, 5) is 2.50. The van der Waals surface area contributed by atoms with Crippen molar-refractivity contribution in [2.75, 3.05) is 19.6 Å². The zero-order chi connectivity index (χ0) is 19.8. The lowest BCUT2D eigenvalue weighted by Gasteiger charge is -2.27. The van der Waals surface area contributed by atoms with Gasteiger partial charge >= 0.3 is 0 Å². The molecule has 2 aromatic rings. The van der Waals surface area contributed by atoms with Crippen LogP contribution in [0, 0.1) is 0 Å². The second-order valence-corrected chi connectivity index (χ2v) is 8.59. The molecule has 2 aromatic carbocycles. The van der Waals surface area contributed by atoms with E-state index in [1.165, 1.54) is 79.7 Å². The lowest BCUT2D eigenvalue weighted by atomic mass is 9.84. The molecule has 0 radical (unpaired) electrons. The van der Waals surface area contributed by atoms with Crippen molar-refractivity contribution < 1.29 is 5.11 Å². The number of nitrogens with zero attached hydrogens (tertiary/aromatic N) is 1. The molecule has 1 unspecified atom stereocenters. The molecule has 0 fully saturated rings. The number of aryl methyl sites for hydroxylation is 2. The van der Waals surface area contributed by atoms with Crippen LogP contribution in [-0.2, 0) is 12.8 Å². The minimum Gasteiger partial charge on any atom is -0.387 e. The van der Waals surface area contributed by atoms with E-state index >= 15 is 0 Å². The van der Waals surface area contributed by atoms with Crippen molar-refractivity contribution in [3.8, 4) is 0 Å². The summed E-state index contributed by atoms with van der Waals surface area (Å²) in [5.74, 6) is 0. The lowest BCUT2D eigenvalue weighted by Crippen LogP contribution is -2.31. The van der Waals surface area contributed by atoms with Gasteiger partial charge in [-0.25, -0.2) is 0 Å². The topological polar surface area (TPSA) is 23.5 Å². The molecular weight excluding hydrogens is 342 g/mol. The number of aliphatic hydroxyl groups excluding tert-OH is 1. The van der Waals surface area contributed by atoms with Crippen LogP contribution in [0.15, 0.2) is 30.3 Å². The van der Waals surface area contributed by atoms with E-state index in [-0.39, 0.29) is 0 Å². The lowest BCUT2D eigenvalue weighted by molar-refractivity contribution is 0.111. The normalized spacial score (nSPS) is 15.1. The fraction of sp³-hybridized carbons (Fsp3) is 0.615. The zero-order valence-corrected chi connectivity index (χ0v) is 18.1. The molecule has 28 heavy (non-hydrogen) atoms. The van der Waals surface area contributed by atoms with Gasteiger partial charge in [0.05, 0.1) is 6.10 Å². The highest BCUT2D eigenvalue weighted by Crippen LogP contribution is 2.34. The van der Waals surface area contributed by atoms with E-state index in [0.717, 1.165) is 31.6 Å². The average Bonchev–Trinajstić information content (AvgIpc) is 2.73. The molecule has 0 spiro atoms. The highest BCUT2D eigenvalue weighted by molar-refractivity contribution is 5.90. The van der Waals surface area contributed by atoms with E-state index in [1.54, 1.807) is 0 Å². The van der Waals surface area contributed by atoms with Gasteiger partial charge in [0.25, 0.3) is 0 Å². The second-order valence-electron chi connectivity index (χ2n) is 8.59. The molecule has 1 N–H and O–H groups in total. The van der Waals surface area contributed by atoms with E-state index in [1.807, 2.05) is 0 Å². The first-order chi connectivity index (χ1) is 13.7. The maximum Gasteiger partial charge on any atom is 0.0923 e. The quantitative estimate of drug-likeness (QED) is 0.453. The summed E-state index contributed by atoms with van der Waals surface area (Å²) in [6, 6.07) is 11.1. The van der Waals surface area contributed by atoms with E-state index < -0.39 is 6.10 Å². The first-order valence-corrected chi connectivity index (χ1v) is 11.7. The molecule has 0 bridgehead atoms. The maximum atomic E-state index is 11.3. The van der Waals surface area contributed by atoms with Gasteiger partial charge in [0.15, 0.2) is 0 Å². The largest absolute Gasteiger partial charge is 0.387 e. The van der Waals surface area contributed by atoms with Crippen LogP contribution in [0.3, 0.4) is 0 Å². The third-order valence-corrected chi connectivity index (χ3v) is 6.35. The molecule has 154 valence electrons. The Morgan fingerprint density at radius 2 is 1.54 bits per heavy atom. The molecule has 0 heterocycles. The summed E-state index contributed by atoms with van der Waals surface area (Å²) in [7, 11) is 0. The van der Waals surface area contributed by atoms with Gasteiger partial charge < -0.3 is 10.0 Å². The summed E-state index contributed by atoms with van der Waals surface area (Å²) >= 11 is 0. The van der Waals surface area contributed by atoms with Gasteiger partial charge in [-0.05, 0) is 79.1 Å². The molecule has 0 saturated carbocycles. The fourth-order valence-electron chi connectivity index (χ4n) is 4.74. The Balaban J connectivity index is 1.81. The Labute approximate surface area is 172 Å². The Morgan fingerprint density at radius 1 is 0.893 bits per heavy atom. The molecule has 0 amide bonds. The molecule has 2 heteroatoms. The van der Waals surface area contributed by atoms with Gasteiger partial charge in [0, 0.05) is 6.54 Å². The van der Waals surface area contributed by atoms with Crippen molar-refractivity contribution in [3.63, 3.8) is 0 Å². The number of hydrogen-bond donors (Lipinski definition) is 1. The summed E-state index contributed by atoms with van der Waals surface area (Å²) in [5.41, 5.74) is 4.15. The minimum atomic E-state index is -0.402. The Bertz CT molecular complexity index is 729. The number of benzene rings is 2. The van der Waals surface area contributed by atoms with Crippen molar-refractivity contribution >= 4 is 10.8 Å². The van der Waals surface area contributed by atoms with Crippen molar-refractivity contribution in [1.82, 2.24) is 4.90 Å². The smallest absolute Gasteiger partial charge is 0.0923 e. The highest BCUT2D eigenvalue weighted by atomic mass is 16.3. The third-order valence-electron chi connectivity index (χ3n) is 6.35. The predicted octanol–water partition coefficient (Wildman–Crippen LogP) is 6.43. The second kappa shape index (κ2) is 11.0. The van der Waals surface area contributed by atoms with E-state index in [2.05, 4.69) is 49.1 Å². The van der Waals surface area contributed by atoms with Crippen LogP contribution in [0.1, 0.15) is 88.0 Å². The Hall–Kier alpha value is -1.38. The third kappa shape index (κ3) is 5.36. The summed E-state index contributed by atoms with van der Waals surface area (Å²) < 4.78 is 0. The minimum absolute atomic E-state index is 0.402. The molecule has 3 rings (SSSR count). The SMILES string of the molecule is CCCCCN(CCCCC)CC(O)c1cc2c(c3ccccc13)CCCC2. The van der Waals surface area contributed by atoms with Gasteiger partial charge in [0.2, 0.25) is 0 Å². The van der Waals surface area contributed by atoms with Crippen LogP contribution in [0.2, 0.25) is 0 Å². The molecule has 0 aromatic heterocycles. The van der Waals surface area contributed by atoms with Gasteiger partial charge in [-0.3, -0.25) is 0 Å².